The van der Waals surface area contributed by atoms with E-state index in [2.05, 4.69) is 46.4 Å². The van der Waals surface area contributed by atoms with Crippen molar-refractivity contribution < 1.29 is 5.11 Å². The van der Waals surface area contributed by atoms with Crippen LogP contribution >= 0.6 is 15.9 Å². The number of rotatable bonds is 8. The molecule has 0 spiro atoms. The number of aryl methyl sites for hydroxylation is 1. The first-order valence-corrected chi connectivity index (χ1v) is 7.28. The van der Waals surface area contributed by atoms with Gasteiger partial charge in [0.15, 0.2) is 0 Å². The summed E-state index contributed by atoms with van der Waals surface area (Å²) in [5.74, 6) is 0. The fourth-order valence-electron chi connectivity index (χ4n) is 1.92. The minimum atomic E-state index is 0.189. The van der Waals surface area contributed by atoms with Gasteiger partial charge >= 0.3 is 0 Å². The average molecular weight is 315 g/mol. The number of benzene rings is 1. The molecule has 0 aliphatic carbocycles. The van der Waals surface area contributed by atoms with Crippen LogP contribution in [0.5, 0.6) is 0 Å². The van der Waals surface area contributed by atoms with Gasteiger partial charge < -0.3 is 16.2 Å². The highest BCUT2D eigenvalue weighted by molar-refractivity contribution is 9.10. The Bertz CT molecular complexity index is 358. The molecule has 0 aliphatic heterocycles. The second-order valence-corrected chi connectivity index (χ2v) is 5.41. The molecule has 0 saturated carbocycles. The van der Waals surface area contributed by atoms with Crippen LogP contribution in [-0.2, 0) is 0 Å². The number of nitrogens with two attached hydrogens (primary N) is 1. The molecule has 0 aromatic heterocycles. The highest BCUT2D eigenvalue weighted by Gasteiger charge is 2.11. The van der Waals surface area contributed by atoms with Crippen molar-refractivity contribution in [3.63, 3.8) is 0 Å². The van der Waals surface area contributed by atoms with Gasteiger partial charge in [-0.15, -0.1) is 0 Å². The van der Waals surface area contributed by atoms with E-state index < -0.39 is 0 Å². The molecule has 1 aromatic carbocycles. The van der Waals surface area contributed by atoms with E-state index in [0.29, 0.717) is 6.54 Å². The summed E-state index contributed by atoms with van der Waals surface area (Å²) < 4.78 is 1.11. The maximum atomic E-state index is 8.71. The van der Waals surface area contributed by atoms with Crippen molar-refractivity contribution in [2.75, 3.05) is 19.7 Å². The SMILES string of the molecule is Cc1ccc(C(CN)NCCCCCO)c(Br)c1. The Hall–Kier alpha value is -0.420. The van der Waals surface area contributed by atoms with Gasteiger partial charge in [-0.05, 0) is 49.9 Å². The number of nitrogens with one attached hydrogen (secondary N) is 1. The predicted molar refractivity (Wildman–Crippen MR) is 79.6 cm³/mol. The second-order valence-electron chi connectivity index (χ2n) is 4.55. The van der Waals surface area contributed by atoms with Gasteiger partial charge in [0.25, 0.3) is 0 Å². The van der Waals surface area contributed by atoms with E-state index in [1.54, 1.807) is 0 Å². The molecule has 0 bridgehead atoms. The Morgan fingerprint density at radius 1 is 1.33 bits per heavy atom. The monoisotopic (exact) mass is 314 g/mol. The molecule has 3 nitrogen and oxygen atoms in total. The predicted octanol–water partition coefficient (Wildman–Crippen LogP) is 2.51. The molecule has 0 radical (unpaired) electrons. The molecule has 1 rings (SSSR count). The largest absolute Gasteiger partial charge is 0.396 e. The lowest BCUT2D eigenvalue weighted by atomic mass is 10.0. The number of aliphatic hydroxyl groups excluding tert-OH is 1. The molecular weight excluding hydrogens is 292 g/mol. The maximum absolute atomic E-state index is 8.71. The third kappa shape index (κ3) is 5.06. The van der Waals surface area contributed by atoms with Crippen molar-refractivity contribution >= 4 is 15.9 Å². The van der Waals surface area contributed by atoms with Gasteiger partial charge in [-0.3, -0.25) is 0 Å². The number of hydrogen-bond donors (Lipinski definition) is 3. The minimum Gasteiger partial charge on any atom is -0.396 e. The van der Waals surface area contributed by atoms with Crippen LogP contribution in [0.15, 0.2) is 22.7 Å². The molecule has 0 heterocycles. The van der Waals surface area contributed by atoms with Gasteiger partial charge in [-0.2, -0.15) is 0 Å². The smallest absolute Gasteiger partial charge is 0.0455 e. The molecule has 102 valence electrons. The highest BCUT2D eigenvalue weighted by atomic mass is 79.9. The first kappa shape index (κ1) is 15.6. The summed E-state index contributed by atoms with van der Waals surface area (Å²) in [5.41, 5.74) is 8.28. The van der Waals surface area contributed by atoms with Gasteiger partial charge in [-0.25, -0.2) is 0 Å². The Balaban J connectivity index is 2.49. The summed E-state index contributed by atoms with van der Waals surface area (Å²) in [6.45, 7) is 3.88. The molecule has 0 saturated heterocycles. The molecule has 0 aliphatic rings. The first-order chi connectivity index (χ1) is 8.69. The molecule has 1 aromatic rings. The van der Waals surface area contributed by atoms with Crippen molar-refractivity contribution in [2.45, 2.75) is 32.2 Å². The Morgan fingerprint density at radius 3 is 2.72 bits per heavy atom. The van der Waals surface area contributed by atoms with Gasteiger partial charge in [0.2, 0.25) is 0 Å². The van der Waals surface area contributed by atoms with Crippen LogP contribution in [0.4, 0.5) is 0 Å². The average Bonchev–Trinajstić information content (AvgIpc) is 2.35. The van der Waals surface area contributed by atoms with Crippen LogP contribution in [-0.4, -0.2) is 24.8 Å². The van der Waals surface area contributed by atoms with Gasteiger partial charge in [-0.1, -0.05) is 28.1 Å². The van der Waals surface area contributed by atoms with Gasteiger partial charge in [0.1, 0.15) is 0 Å². The van der Waals surface area contributed by atoms with Crippen LogP contribution in [0.3, 0.4) is 0 Å². The van der Waals surface area contributed by atoms with E-state index in [9.17, 15) is 0 Å². The summed E-state index contributed by atoms with van der Waals surface area (Å²) in [5, 5.41) is 12.2. The number of aliphatic hydroxyl groups is 1. The van der Waals surface area contributed by atoms with Crippen LogP contribution in [0.2, 0.25) is 0 Å². The summed E-state index contributed by atoms with van der Waals surface area (Å²) >= 11 is 3.59. The zero-order valence-corrected chi connectivity index (χ0v) is 12.5. The summed E-state index contributed by atoms with van der Waals surface area (Å²) in [6, 6.07) is 6.54. The van der Waals surface area contributed by atoms with Crippen molar-refractivity contribution in [2.24, 2.45) is 5.73 Å². The maximum Gasteiger partial charge on any atom is 0.0455 e. The lowest BCUT2D eigenvalue weighted by Gasteiger charge is -2.19. The van der Waals surface area contributed by atoms with Crippen LogP contribution in [0, 0.1) is 6.92 Å². The Morgan fingerprint density at radius 2 is 2.11 bits per heavy atom. The van der Waals surface area contributed by atoms with Crippen LogP contribution < -0.4 is 11.1 Å². The topological polar surface area (TPSA) is 58.3 Å². The molecule has 18 heavy (non-hydrogen) atoms. The molecule has 0 fully saturated rings. The van der Waals surface area contributed by atoms with Crippen LogP contribution in [0.1, 0.15) is 36.4 Å². The van der Waals surface area contributed by atoms with Gasteiger partial charge in [0.05, 0.1) is 0 Å². The highest BCUT2D eigenvalue weighted by Crippen LogP contribution is 2.24. The summed E-state index contributed by atoms with van der Waals surface area (Å²) in [7, 11) is 0. The third-order valence-corrected chi connectivity index (χ3v) is 3.68. The zero-order valence-electron chi connectivity index (χ0n) is 11.0. The molecule has 1 unspecified atom stereocenters. The van der Waals surface area contributed by atoms with Crippen molar-refractivity contribution in [1.29, 1.82) is 0 Å². The first-order valence-electron chi connectivity index (χ1n) is 6.49. The third-order valence-electron chi connectivity index (χ3n) is 2.99. The van der Waals surface area contributed by atoms with E-state index >= 15 is 0 Å². The lowest BCUT2D eigenvalue weighted by molar-refractivity contribution is 0.282. The van der Waals surface area contributed by atoms with E-state index in [4.69, 9.17) is 10.8 Å². The number of hydrogen-bond acceptors (Lipinski definition) is 3. The lowest BCUT2D eigenvalue weighted by Crippen LogP contribution is -2.29. The van der Waals surface area contributed by atoms with E-state index in [1.807, 2.05) is 0 Å². The second kappa shape index (κ2) is 8.64. The Labute approximate surface area is 118 Å². The van der Waals surface area contributed by atoms with Crippen molar-refractivity contribution in [3.05, 3.63) is 33.8 Å². The van der Waals surface area contributed by atoms with Gasteiger partial charge in [0, 0.05) is 23.7 Å². The summed E-state index contributed by atoms with van der Waals surface area (Å²) in [4.78, 5) is 0. The van der Waals surface area contributed by atoms with Crippen molar-refractivity contribution in [1.82, 2.24) is 5.32 Å². The van der Waals surface area contributed by atoms with Crippen LogP contribution in [0.25, 0.3) is 0 Å². The molecule has 4 N–H and O–H groups in total. The minimum absolute atomic E-state index is 0.189. The van der Waals surface area contributed by atoms with E-state index in [1.165, 1.54) is 11.1 Å². The molecular formula is C14H23BrN2O. The quantitative estimate of drug-likeness (QED) is 0.646. The summed E-state index contributed by atoms with van der Waals surface area (Å²) in [6.07, 6.45) is 3.00. The molecule has 1 atom stereocenters. The fraction of sp³-hybridized carbons (Fsp3) is 0.571. The zero-order chi connectivity index (χ0) is 13.4. The Kier molecular flexibility index (Phi) is 7.51. The standard InChI is InChI=1S/C14H23BrN2O/c1-11-5-6-12(13(15)9-11)14(10-16)17-7-3-2-4-8-18/h5-6,9,14,17-18H,2-4,7-8,10,16H2,1H3. The fourth-order valence-corrected chi connectivity index (χ4v) is 2.69. The normalized spacial score (nSPS) is 12.7. The number of halogens is 1. The van der Waals surface area contributed by atoms with Crippen molar-refractivity contribution in [3.8, 4) is 0 Å². The van der Waals surface area contributed by atoms with E-state index in [-0.39, 0.29) is 12.6 Å². The number of unbranched alkanes of at least 4 members (excludes halogenated alkanes) is 2. The van der Waals surface area contributed by atoms with E-state index in [0.717, 1.165) is 30.3 Å². The molecule has 0 amide bonds. The molecule has 4 heteroatoms.